The summed E-state index contributed by atoms with van der Waals surface area (Å²) in [6, 6.07) is 16.5. The SMILES string of the molecule is Cc1ccc(-c2csc(C(C#N)=Cc3cn[nH]c3-c3cccc([N+](=O)[O-])c3)n2)cc1. The van der Waals surface area contributed by atoms with Crippen molar-refractivity contribution in [2.75, 3.05) is 0 Å². The van der Waals surface area contributed by atoms with Gasteiger partial charge in [0.25, 0.3) is 5.69 Å². The molecule has 0 aliphatic rings. The van der Waals surface area contributed by atoms with Crippen molar-refractivity contribution in [2.45, 2.75) is 6.92 Å². The quantitative estimate of drug-likeness (QED) is 0.265. The van der Waals surface area contributed by atoms with E-state index in [0.29, 0.717) is 27.4 Å². The molecule has 0 atom stereocenters. The van der Waals surface area contributed by atoms with Crippen LogP contribution in [0.1, 0.15) is 16.1 Å². The number of aromatic amines is 1. The molecule has 0 amide bonds. The molecule has 0 aliphatic heterocycles. The predicted octanol–water partition coefficient (Wildman–Crippen LogP) is 5.48. The Hall–Kier alpha value is -4.09. The third-order valence-corrected chi connectivity index (χ3v) is 5.39. The molecule has 0 aliphatic carbocycles. The molecule has 7 nitrogen and oxygen atoms in total. The topological polar surface area (TPSA) is 108 Å². The number of aromatic nitrogens is 3. The predicted molar refractivity (Wildman–Crippen MR) is 116 cm³/mol. The lowest BCUT2D eigenvalue weighted by Crippen LogP contribution is -1.89. The second-order valence-electron chi connectivity index (χ2n) is 6.58. The molecule has 2 aromatic heterocycles. The second kappa shape index (κ2) is 8.11. The van der Waals surface area contributed by atoms with Gasteiger partial charge >= 0.3 is 0 Å². The number of allylic oxidation sites excluding steroid dienone is 1. The summed E-state index contributed by atoms with van der Waals surface area (Å²) in [5.41, 5.74) is 5.21. The highest BCUT2D eigenvalue weighted by molar-refractivity contribution is 7.11. The Morgan fingerprint density at radius 1 is 1.23 bits per heavy atom. The maximum absolute atomic E-state index is 11.1. The monoisotopic (exact) mass is 413 g/mol. The molecule has 2 heterocycles. The van der Waals surface area contributed by atoms with Crippen molar-refractivity contribution in [1.82, 2.24) is 15.2 Å². The summed E-state index contributed by atoms with van der Waals surface area (Å²) in [5, 5.41) is 30.2. The number of thiazole rings is 1. The van der Waals surface area contributed by atoms with Gasteiger partial charge in [0.1, 0.15) is 11.1 Å². The Morgan fingerprint density at radius 3 is 2.77 bits per heavy atom. The van der Waals surface area contributed by atoms with Gasteiger partial charge in [-0.3, -0.25) is 15.2 Å². The molecule has 8 heteroatoms. The second-order valence-corrected chi connectivity index (χ2v) is 7.44. The summed E-state index contributed by atoms with van der Waals surface area (Å²) >= 11 is 1.39. The molecular formula is C22H15N5O2S. The normalized spacial score (nSPS) is 11.3. The number of nitrogens with zero attached hydrogens (tertiary/aromatic N) is 4. The number of nitrogens with one attached hydrogen (secondary N) is 1. The average Bonchev–Trinajstić information content (AvgIpc) is 3.42. The molecule has 0 bridgehead atoms. The summed E-state index contributed by atoms with van der Waals surface area (Å²) in [6.07, 6.45) is 3.27. The highest BCUT2D eigenvalue weighted by Gasteiger charge is 2.14. The molecule has 0 spiro atoms. The van der Waals surface area contributed by atoms with E-state index in [1.165, 1.54) is 29.0 Å². The van der Waals surface area contributed by atoms with Crippen LogP contribution in [-0.4, -0.2) is 20.1 Å². The number of rotatable bonds is 5. The molecule has 0 saturated heterocycles. The highest BCUT2D eigenvalue weighted by Crippen LogP contribution is 2.30. The average molecular weight is 413 g/mol. The maximum atomic E-state index is 11.1. The zero-order valence-electron chi connectivity index (χ0n) is 15.9. The number of non-ortho nitro benzene ring substituents is 1. The molecule has 1 N–H and O–H groups in total. The fourth-order valence-electron chi connectivity index (χ4n) is 2.96. The van der Waals surface area contributed by atoms with Crippen molar-refractivity contribution >= 4 is 28.7 Å². The lowest BCUT2D eigenvalue weighted by atomic mass is 10.1. The fourth-order valence-corrected chi connectivity index (χ4v) is 3.76. The summed E-state index contributed by atoms with van der Waals surface area (Å²) in [5.74, 6) is 0. The Morgan fingerprint density at radius 2 is 2.03 bits per heavy atom. The third-order valence-electron chi connectivity index (χ3n) is 4.52. The van der Waals surface area contributed by atoms with Gasteiger partial charge in [-0.15, -0.1) is 11.3 Å². The van der Waals surface area contributed by atoms with E-state index in [0.717, 1.165) is 11.3 Å². The van der Waals surface area contributed by atoms with Crippen LogP contribution in [0.2, 0.25) is 0 Å². The zero-order valence-corrected chi connectivity index (χ0v) is 16.7. The van der Waals surface area contributed by atoms with Crippen LogP contribution in [0.3, 0.4) is 0 Å². The van der Waals surface area contributed by atoms with E-state index in [1.54, 1.807) is 24.4 Å². The van der Waals surface area contributed by atoms with Crippen LogP contribution in [-0.2, 0) is 0 Å². The highest BCUT2D eigenvalue weighted by atomic mass is 32.1. The molecule has 146 valence electrons. The van der Waals surface area contributed by atoms with Crippen molar-refractivity contribution < 1.29 is 4.92 Å². The summed E-state index contributed by atoms with van der Waals surface area (Å²) in [4.78, 5) is 15.2. The summed E-state index contributed by atoms with van der Waals surface area (Å²) < 4.78 is 0. The van der Waals surface area contributed by atoms with Gasteiger partial charge in [0.2, 0.25) is 0 Å². The standard InChI is InChI=1S/C22H15N5O2S/c1-14-5-7-15(8-6-14)20-13-30-22(25-20)17(11-23)9-18-12-24-26-21(18)16-3-2-4-19(10-16)27(28)29/h2-10,12-13H,1H3,(H,24,26). The van der Waals surface area contributed by atoms with E-state index in [9.17, 15) is 15.4 Å². The Kier molecular flexibility index (Phi) is 5.20. The van der Waals surface area contributed by atoms with Crippen molar-refractivity contribution in [3.8, 4) is 28.6 Å². The Bertz CT molecular complexity index is 1300. The van der Waals surface area contributed by atoms with Gasteiger partial charge in [-0.05, 0) is 13.0 Å². The number of aryl methyl sites for hydroxylation is 1. The molecule has 4 rings (SSSR count). The van der Waals surface area contributed by atoms with Crippen molar-refractivity contribution in [2.24, 2.45) is 0 Å². The lowest BCUT2D eigenvalue weighted by Gasteiger charge is -2.01. The summed E-state index contributed by atoms with van der Waals surface area (Å²) in [7, 11) is 0. The van der Waals surface area contributed by atoms with Gasteiger partial charge in [-0.1, -0.05) is 42.0 Å². The lowest BCUT2D eigenvalue weighted by molar-refractivity contribution is -0.384. The van der Waals surface area contributed by atoms with Crippen LogP contribution < -0.4 is 0 Å². The van der Waals surface area contributed by atoms with Gasteiger partial charge in [-0.25, -0.2) is 4.98 Å². The zero-order chi connectivity index (χ0) is 21.1. The molecule has 2 aromatic carbocycles. The molecule has 0 radical (unpaired) electrons. The molecule has 0 fully saturated rings. The minimum Gasteiger partial charge on any atom is -0.277 e. The smallest absolute Gasteiger partial charge is 0.270 e. The minimum absolute atomic E-state index is 0.0137. The van der Waals surface area contributed by atoms with Crippen LogP contribution in [0.5, 0.6) is 0 Å². The minimum atomic E-state index is -0.446. The Labute approximate surface area is 176 Å². The fraction of sp³-hybridized carbons (Fsp3) is 0.0455. The van der Waals surface area contributed by atoms with Crippen molar-refractivity contribution in [1.29, 1.82) is 5.26 Å². The van der Waals surface area contributed by atoms with Crippen LogP contribution >= 0.6 is 11.3 Å². The van der Waals surface area contributed by atoms with E-state index < -0.39 is 4.92 Å². The van der Waals surface area contributed by atoms with Crippen molar-refractivity contribution in [3.63, 3.8) is 0 Å². The van der Waals surface area contributed by atoms with Crippen LogP contribution in [0, 0.1) is 28.4 Å². The van der Waals surface area contributed by atoms with Gasteiger partial charge in [0.15, 0.2) is 0 Å². The first-order valence-corrected chi connectivity index (χ1v) is 9.86. The van der Waals surface area contributed by atoms with Gasteiger partial charge in [-0.2, -0.15) is 10.4 Å². The first-order chi connectivity index (χ1) is 14.5. The van der Waals surface area contributed by atoms with Crippen LogP contribution in [0.15, 0.2) is 60.1 Å². The number of nitro benzene ring substituents is 1. The van der Waals surface area contributed by atoms with Crippen LogP contribution in [0.4, 0.5) is 5.69 Å². The van der Waals surface area contributed by atoms with Gasteiger partial charge in [0.05, 0.1) is 28.1 Å². The first-order valence-electron chi connectivity index (χ1n) is 8.98. The van der Waals surface area contributed by atoms with Crippen LogP contribution in [0.25, 0.3) is 34.2 Å². The molecule has 0 unspecified atom stereocenters. The molecule has 4 aromatic rings. The van der Waals surface area contributed by atoms with Crippen molar-refractivity contribution in [3.05, 3.63) is 86.4 Å². The third kappa shape index (κ3) is 3.87. The van der Waals surface area contributed by atoms with E-state index in [-0.39, 0.29) is 5.69 Å². The first kappa shape index (κ1) is 19.2. The van der Waals surface area contributed by atoms with E-state index in [2.05, 4.69) is 21.3 Å². The maximum Gasteiger partial charge on any atom is 0.270 e. The molecular weight excluding hydrogens is 398 g/mol. The van der Waals surface area contributed by atoms with E-state index in [4.69, 9.17) is 0 Å². The molecule has 30 heavy (non-hydrogen) atoms. The molecule has 0 saturated carbocycles. The number of H-pyrrole nitrogens is 1. The van der Waals surface area contributed by atoms with E-state index >= 15 is 0 Å². The Balaban J connectivity index is 1.69. The number of hydrogen-bond acceptors (Lipinski definition) is 6. The number of benzene rings is 2. The van der Waals surface area contributed by atoms with Gasteiger partial charge in [0, 0.05) is 34.2 Å². The van der Waals surface area contributed by atoms with Gasteiger partial charge < -0.3 is 0 Å². The summed E-state index contributed by atoms with van der Waals surface area (Å²) in [6.45, 7) is 2.02. The number of nitriles is 1. The largest absolute Gasteiger partial charge is 0.277 e. The number of nitro groups is 1. The number of hydrogen-bond donors (Lipinski definition) is 1. The van der Waals surface area contributed by atoms with E-state index in [1.807, 2.05) is 36.6 Å².